The number of ketones is 1. The van der Waals surface area contributed by atoms with Crippen LogP contribution in [0, 0.1) is 11.3 Å². The number of fused-ring (bicyclic) bond motifs is 1. The summed E-state index contributed by atoms with van der Waals surface area (Å²) in [7, 11) is 0. The second-order valence-electron chi connectivity index (χ2n) is 6.70. The molecule has 0 amide bonds. The smallest absolute Gasteiger partial charge is 0.339 e. The SMILES string of the molecule is CC1(C)C2=C(CCCN)C=C3C=C(C(=O)O)C(=O)C(OC2)C31. The molecule has 0 aromatic heterocycles. The lowest BCUT2D eigenvalue weighted by atomic mass is 9.58. The molecule has 5 nitrogen and oxygen atoms in total. The fourth-order valence-corrected chi connectivity index (χ4v) is 3.93. The van der Waals surface area contributed by atoms with Gasteiger partial charge in [0.2, 0.25) is 0 Å². The van der Waals surface area contributed by atoms with Crippen LogP contribution in [0.2, 0.25) is 0 Å². The van der Waals surface area contributed by atoms with E-state index in [-0.39, 0.29) is 16.9 Å². The number of ether oxygens (including phenoxy) is 1. The molecule has 118 valence electrons. The second kappa shape index (κ2) is 5.18. The zero-order chi connectivity index (χ0) is 16.1. The minimum Gasteiger partial charge on any atom is -0.478 e. The fraction of sp³-hybridized carbons (Fsp3) is 0.529. The summed E-state index contributed by atoms with van der Waals surface area (Å²) < 4.78 is 5.77. The van der Waals surface area contributed by atoms with Gasteiger partial charge in [0, 0.05) is 5.92 Å². The highest BCUT2D eigenvalue weighted by Crippen LogP contribution is 2.53. The number of carboxylic acid groups (broad SMARTS) is 1. The van der Waals surface area contributed by atoms with Crippen molar-refractivity contribution in [2.45, 2.75) is 32.8 Å². The van der Waals surface area contributed by atoms with Crippen molar-refractivity contribution in [2.75, 3.05) is 13.2 Å². The molecule has 2 bridgehead atoms. The van der Waals surface area contributed by atoms with Gasteiger partial charge < -0.3 is 15.6 Å². The van der Waals surface area contributed by atoms with Crippen LogP contribution in [0.5, 0.6) is 0 Å². The first-order chi connectivity index (χ1) is 10.4. The Balaban J connectivity index is 2.13. The van der Waals surface area contributed by atoms with Crippen LogP contribution in [0.3, 0.4) is 0 Å². The first-order valence-electron chi connectivity index (χ1n) is 7.63. The lowest BCUT2D eigenvalue weighted by Gasteiger charge is -2.50. The summed E-state index contributed by atoms with van der Waals surface area (Å²) in [5.74, 6) is -1.70. The summed E-state index contributed by atoms with van der Waals surface area (Å²) in [6.45, 7) is 5.23. The molecule has 0 radical (unpaired) electrons. The Morgan fingerprint density at radius 2 is 2.18 bits per heavy atom. The van der Waals surface area contributed by atoms with Crippen molar-refractivity contribution >= 4 is 11.8 Å². The number of allylic oxidation sites excluding steroid dienone is 3. The van der Waals surface area contributed by atoms with E-state index in [0.29, 0.717) is 13.2 Å². The summed E-state index contributed by atoms with van der Waals surface area (Å²) in [6, 6.07) is 0. The number of carbonyl (C=O) groups excluding carboxylic acids is 1. The predicted molar refractivity (Wildman–Crippen MR) is 81.1 cm³/mol. The highest BCUT2D eigenvalue weighted by atomic mass is 16.5. The molecule has 3 rings (SSSR count). The van der Waals surface area contributed by atoms with Crippen LogP contribution < -0.4 is 5.73 Å². The zero-order valence-electron chi connectivity index (χ0n) is 12.9. The van der Waals surface area contributed by atoms with E-state index in [1.807, 2.05) is 6.08 Å². The molecule has 0 spiro atoms. The van der Waals surface area contributed by atoms with E-state index in [1.165, 1.54) is 17.2 Å². The van der Waals surface area contributed by atoms with E-state index >= 15 is 0 Å². The molecule has 0 aromatic rings. The molecule has 2 atom stereocenters. The monoisotopic (exact) mass is 303 g/mol. The molecule has 1 aliphatic heterocycles. The van der Waals surface area contributed by atoms with Crippen LogP contribution in [0.25, 0.3) is 0 Å². The van der Waals surface area contributed by atoms with Crippen molar-refractivity contribution in [2.24, 2.45) is 17.1 Å². The van der Waals surface area contributed by atoms with Crippen molar-refractivity contribution in [3.8, 4) is 0 Å². The molecule has 1 saturated heterocycles. The molecular weight excluding hydrogens is 282 g/mol. The maximum Gasteiger partial charge on any atom is 0.339 e. The molecule has 0 aromatic carbocycles. The quantitative estimate of drug-likeness (QED) is 0.770. The molecule has 5 heteroatoms. The van der Waals surface area contributed by atoms with Crippen LogP contribution in [-0.2, 0) is 14.3 Å². The maximum absolute atomic E-state index is 12.4. The molecule has 2 aliphatic carbocycles. The fourth-order valence-electron chi connectivity index (χ4n) is 3.93. The minimum atomic E-state index is -1.19. The molecule has 3 N–H and O–H groups in total. The van der Waals surface area contributed by atoms with Gasteiger partial charge in [0.1, 0.15) is 11.7 Å². The molecule has 3 aliphatic rings. The van der Waals surface area contributed by atoms with Crippen LogP contribution >= 0.6 is 0 Å². The van der Waals surface area contributed by atoms with Gasteiger partial charge in [-0.25, -0.2) is 4.79 Å². The molecule has 1 heterocycles. The Morgan fingerprint density at radius 1 is 1.45 bits per heavy atom. The van der Waals surface area contributed by atoms with Crippen LogP contribution in [0.1, 0.15) is 26.7 Å². The van der Waals surface area contributed by atoms with E-state index < -0.39 is 17.9 Å². The van der Waals surface area contributed by atoms with Gasteiger partial charge in [-0.1, -0.05) is 19.9 Å². The summed E-state index contributed by atoms with van der Waals surface area (Å²) in [5, 5.41) is 9.26. The Hall–Kier alpha value is -1.72. The summed E-state index contributed by atoms with van der Waals surface area (Å²) >= 11 is 0. The maximum atomic E-state index is 12.4. The van der Waals surface area contributed by atoms with E-state index in [4.69, 9.17) is 10.5 Å². The number of aliphatic carboxylic acids is 1. The molecule has 22 heavy (non-hydrogen) atoms. The Morgan fingerprint density at radius 3 is 2.82 bits per heavy atom. The van der Waals surface area contributed by atoms with Crippen LogP contribution in [-0.4, -0.2) is 36.1 Å². The Labute approximate surface area is 129 Å². The van der Waals surface area contributed by atoms with Gasteiger partial charge in [0.05, 0.1) is 6.61 Å². The summed E-state index contributed by atoms with van der Waals surface area (Å²) in [6.07, 6.45) is 4.62. The third-order valence-electron chi connectivity index (χ3n) is 5.07. The number of carboxylic acids is 1. The van der Waals surface area contributed by atoms with Crippen molar-refractivity contribution < 1.29 is 19.4 Å². The van der Waals surface area contributed by atoms with Crippen molar-refractivity contribution in [1.82, 2.24) is 0 Å². The standard InChI is InChI=1S/C17H21NO4/c1-17(2)12-8-22-15-13(17)10(6-9(12)4-3-5-18)7-11(14(15)19)16(20)21/h6-7,13,15H,3-5,8,18H2,1-2H3,(H,20,21). The number of rotatable bonds is 4. The molecule has 1 fully saturated rings. The number of hydrogen-bond donors (Lipinski definition) is 2. The second-order valence-corrected chi connectivity index (χ2v) is 6.70. The van der Waals surface area contributed by atoms with Crippen LogP contribution in [0.4, 0.5) is 0 Å². The first kappa shape index (κ1) is 15.2. The average Bonchev–Trinajstić information content (AvgIpc) is 2.43. The average molecular weight is 303 g/mol. The predicted octanol–water partition coefficient (Wildman–Crippen LogP) is 1.60. The number of hydrogen-bond acceptors (Lipinski definition) is 4. The van der Waals surface area contributed by atoms with Gasteiger partial charge in [-0.05, 0) is 47.6 Å². The Kier molecular flexibility index (Phi) is 3.57. The minimum absolute atomic E-state index is 0.103. The van der Waals surface area contributed by atoms with Gasteiger partial charge in [0.15, 0.2) is 5.78 Å². The third-order valence-corrected chi connectivity index (χ3v) is 5.07. The first-order valence-corrected chi connectivity index (χ1v) is 7.63. The number of nitrogens with two attached hydrogens (primary N) is 1. The zero-order valence-corrected chi connectivity index (χ0v) is 12.9. The highest BCUT2D eigenvalue weighted by Gasteiger charge is 2.53. The van der Waals surface area contributed by atoms with Crippen molar-refractivity contribution in [1.29, 1.82) is 0 Å². The normalized spacial score (nSPS) is 29.1. The lowest BCUT2D eigenvalue weighted by molar-refractivity contribution is -0.142. The largest absolute Gasteiger partial charge is 0.478 e. The molecular formula is C17H21NO4. The number of carbonyl (C=O) groups is 2. The van der Waals surface area contributed by atoms with Gasteiger partial charge in [-0.15, -0.1) is 0 Å². The molecule has 0 saturated carbocycles. The van der Waals surface area contributed by atoms with Crippen molar-refractivity contribution in [3.05, 3.63) is 34.4 Å². The summed E-state index contributed by atoms with van der Waals surface area (Å²) in [5.41, 5.74) is 8.52. The van der Waals surface area contributed by atoms with Gasteiger partial charge in [-0.2, -0.15) is 0 Å². The van der Waals surface area contributed by atoms with Gasteiger partial charge in [0.25, 0.3) is 0 Å². The van der Waals surface area contributed by atoms with E-state index in [0.717, 1.165) is 18.4 Å². The Bertz CT molecular complexity index is 639. The van der Waals surface area contributed by atoms with Crippen LogP contribution in [0.15, 0.2) is 34.4 Å². The third kappa shape index (κ3) is 2.08. The molecule has 2 unspecified atom stereocenters. The van der Waals surface area contributed by atoms with E-state index in [9.17, 15) is 14.7 Å². The highest BCUT2D eigenvalue weighted by molar-refractivity contribution is 6.20. The lowest BCUT2D eigenvalue weighted by Crippen LogP contribution is -2.52. The summed E-state index contributed by atoms with van der Waals surface area (Å²) in [4.78, 5) is 23.7. The number of Topliss-reactive ketones (excluding diaryl/α,β-unsaturated/α-hetero) is 1. The van der Waals surface area contributed by atoms with Gasteiger partial charge >= 0.3 is 5.97 Å². The van der Waals surface area contributed by atoms with Crippen molar-refractivity contribution in [3.63, 3.8) is 0 Å². The topological polar surface area (TPSA) is 89.6 Å². The van der Waals surface area contributed by atoms with E-state index in [2.05, 4.69) is 13.8 Å². The van der Waals surface area contributed by atoms with E-state index in [1.54, 1.807) is 0 Å². The van der Waals surface area contributed by atoms with Gasteiger partial charge in [-0.3, -0.25) is 4.79 Å².